The average Bonchev–Trinajstić information content (AvgIpc) is 3.37. The Balaban J connectivity index is 1.13. The number of piperidine rings is 1. The van der Waals surface area contributed by atoms with Crippen LogP contribution in [0.1, 0.15) is 34.3 Å². The number of ether oxygens (including phenoxy) is 1. The summed E-state index contributed by atoms with van der Waals surface area (Å²) in [5.74, 6) is 0.264. The number of hydrogen-bond acceptors (Lipinski definition) is 5. The molecule has 0 aliphatic carbocycles. The summed E-state index contributed by atoms with van der Waals surface area (Å²) in [6.45, 7) is 2.92. The fraction of sp³-hybridized carbons (Fsp3) is 0.233. The van der Waals surface area contributed by atoms with E-state index in [0.717, 1.165) is 54.6 Å². The lowest BCUT2D eigenvalue weighted by atomic mass is 10.0. The highest BCUT2D eigenvalue weighted by atomic mass is 16.5. The summed E-state index contributed by atoms with van der Waals surface area (Å²) in [4.78, 5) is 34.6. The number of fused-ring (bicyclic) bond motifs is 1. The zero-order valence-corrected chi connectivity index (χ0v) is 20.8. The number of carbonyl (C=O) groups excluding carboxylic acids is 2. The van der Waals surface area contributed by atoms with Crippen LogP contribution in [-0.2, 0) is 16.1 Å². The van der Waals surface area contributed by atoms with Crippen LogP contribution in [0.4, 0.5) is 0 Å². The van der Waals surface area contributed by atoms with Crippen molar-refractivity contribution >= 4 is 29.0 Å². The maximum absolute atomic E-state index is 12.5. The maximum Gasteiger partial charge on any atom is 0.337 e. The first-order chi connectivity index (χ1) is 18.1. The molecule has 0 saturated carbocycles. The number of imidazole rings is 1. The van der Waals surface area contributed by atoms with Gasteiger partial charge in [0.05, 0.1) is 23.7 Å². The summed E-state index contributed by atoms with van der Waals surface area (Å²) >= 11 is 0. The number of methoxy groups -OCH3 is 1. The number of aromatic nitrogens is 2. The van der Waals surface area contributed by atoms with Crippen LogP contribution in [-0.4, -0.2) is 53.0 Å². The first-order valence-electron chi connectivity index (χ1n) is 12.5. The third-order valence-electron chi connectivity index (χ3n) is 6.70. The second kappa shape index (κ2) is 11.2. The molecule has 2 heterocycles. The van der Waals surface area contributed by atoms with Crippen molar-refractivity contribution < 1.29 is 14.3 Å². The number of nitrogens with one attached hydrogen (secondary N) is 2. The summed E-state index contributed by atoms with van der Waals surface area (Å²) in [5, 5.41) is 3.14. The molecule has 4 aromatic rings. The van der Waals surface area contributed by atoms with Crippen molar-refractivity contribution in [2.75, 3.05) is 20.2 Å². The second-order valence-electron chi connectivity index (χ2n) is 9.31. The Morgan fingerprint density at radius 3 is 2.54 bits per heavy atom. The first-order valence-corrected chi connectivity index (χ1v) is 12.5. The normalized spacial score (nSPS) is 14.7. The molecule has 1 fully saturated rings. The molecule has 0 spiro atoms. The standard InChI is InChI=1S/C30H30N4O3/c1-37-30(36)24-12-13-26-27(19-24)33-29(32-26)23-10-7-21(8-11-23)9-14-28(35)31-25-15-17-34(18-16-25)20-22-5-3-2-4-6-22/h2-14,19,25H,15-18,20H2,1H3,(H,31,35)(H,32,33)/b14-9+. The van der Waals surface area contributed by atoms with E-state index in [4.69, 9.17) is 4.74 Å². The molecular weight excluding hydrogens is 464 g/mol. The number of H-pyrrole nitrogens is 1. The predicted octanol–water partition coefficient (Wildman–Crippen LogP) is 4.81. The molecule has 37 heavy (non-hydrogen) atoms. The van der Waals surface area contributed by atoms with Crippen molar-refractivity contribution in [2.24, 2.45) is 0 Å². The number of rotatable bonds is 7. The molecule has 1 amide bonds. The zero-order chi connectivity index (χ0) is 25.6. The van der Waals surface area contributed by atoms with Crippen LogP contribution in [0.15, 0.2) is 78.9 Å². The Bertz CT molecular complexity index is 1400. The van der Waals surface area contributed by atoms with E-state index in [-0.39, 0.29) is 17.9 Å². The van der Waals surface area contributed by atoms with Crippen molar-refractivity contribution in [1.29, 1.82) is 0 Å². The predicted molar refractivity (Wildman–Crippen MR) is 145 cm³/mol. The van der Waals surface area contributed by atoms with Crippen LogP contribution in [0.5, 0.6) is 0 Å². The Kier molecular flexibility index (Phi) is 7.42. The summed E-state index contributed by atoms with van der Waals surface area (Å²) in [5.41, 5.74) is 5.19. The molecule has 7 heteroatoms. The summed E-state index contributed by atoms with van der Waals surface area (Å²) in [7, 11) is 1.36. The minimum absolute atomic E-state index is 0.0655. The zero-order valence-electron chi connectivity index (χ0n) is 20.8. The fourth-order valence-corrected chi connectivity index (χ4v) is 4.64. The smallest absolute Gasteiger partial charge is 0.337 e. The number of aromatic amines is 1. The number of likely N-dealkylation sites (tertiary alicyclic amines) is 1. The lowest BCUT2D eigenvalue weighted by Crippen LogP contribution is -2.43. The highest BCUT2D eigenvalue weighted by Crippen LogP contribution is 2.22. The van der Waals surface area contributed by atoms with Crippen molar-refractivity contribution in [3.05, 3.63) is 95.6 Å². The van der Waals surface area contributed by atoms with Crippen LogP contribution in [0.2, 0.25) is 0 Å². The van der Waals surface area contributed by atoms with Gasteiger partial charge >= 0.3 is 5.97 Å². The molecule has 0 radical (unpaired) electrons. The van der Waals surface area contributed by atoms with E-state index in [2.05, 4.69) is 44.5 Å². The Labute approximate surface area is 216 Å². The second-order valence-corrected chi connectivity index (χ2v) is 9.31. The van der Waals surface area contributed by atoms with Crippen LogP contribution in [0.3, 0.4) is 0 Å². The van der Waals surface area contributed by atoms with Gasteiger partial charge in [0, 0.05) is 37.3 Å². The molecule has 1 saturated heterocycles. The Morgan fingerprint density at radius 1 is 1.05 bits per heavy atom. The van der Waals surface area contributed by atoms with Gasteiger partial charge in [-0.2, -0.15) is 0 Å². The summed E-state index contributed by atoms with van der Waals surface area (Å²) in [6.07, 6.45) is 5.34. The molecular formula is C30H30N4O3. The van der Waals surface area contributed by atoms with Gasteiger partial charge in [0.1, 0.15) is 5.82 Å². The van der Waals surface area contributed by atoms with Gasteiger partial charge in [-0.1, -0.05) is 54.6 Å². The largest absolute Gasteiger partial charge is 0.465 e. The van der Waals surface area contributed by atoms with Gasteiger partial charge in [-0.25, -0.2) is 9.78 Å². The molecule has 7 nitrogen and oxygen atoms in total. The van der Waals surface area contributed by atoms with Gasteiger partial charge < -0.3 is 15.0 Å². The van der Waals surface area contributed by atoms with Crippen LogP contribution < -0.4 is 5.32 Å². The third kappa shape index (κ3) is 6.13. The van der Waals surface area contributed by atoms with Gasteiger partial charge in [0.15, 0.2) is 0 Å². The van der Waals surface area contributed by atoms with Gasteiger partial charge in [0.25, 0.3) is 0 Å². The SMILES string of the molecule is COC(=O)c1ccc2nc(-c3ccc(/C=C/C(=O)NC4CCN(Cc5ccccc5)CC4)cc3)[nH]c2c1. The summed E-state index contributed by atoms with van der Waals surface area (Å²) < 4.78 is 4.79. The molecule has 5 rings (SSSR count). The Hall–Kier alpha value is -4.23. The van der Waals surface area contributed by atoms with Gasteiger partial charge in [-0.3, -0.25) is 9.69 Å². The third-order valence-corrected chi connectivity index (χ3v) is 6.70. The highest BCUT2D eigenvalue weighted by molar-refractivity contribution is 5.94. The molecule has 3 aromatic carbocycles. The molecule has 188 valence electrons. The first kappa shape index (κ1) is 24.5. The van der Waals surface area contributed by atoms with E-state index in [9.17, 15) is 9.59 Å². The Morgan fingerprint density at radius 2 is 1.81 bits per heavy atom. The van der Waals surface area contributed by atoms with E-state index in [1.165, 1.54) is 12.7 Å². The number of esters is 1. The van der Waals surface area contributed by atoms with Gasteiger partial charge in [0.2, 0.25) is 5.91 Å². The van der Waals surface area contributed by atoms with Gasteiger partial charge in [-0.05, 0) is 48.2 Å². The number of carbonyl (C=O) groups is 2. The number of hydrogen-bond donors (Lipinski definition) is 2. The van der Waals surface area contributed by atoms with Crippen molar-refractivity contribution in [1.82, 2.24) is 20.2 Å². The molecule has 2 N–H and O–H groups in total. The quantitative estimate of drug-likeness (QED) is 0.284. The highest BCUT2D eigenvalue weighted by Gasteiger charge is 2.20. The van der Waals surface area contributed by atoms with E-state index in [0.29, 0.717) is 11.4 Å². The number of nitrogens with zero attached hydrogens (tertiary/aromatic N) is 2. The summed E-state index contributed by atoms with van der Waals surface area (Å²) in [6, 6.07) is 23.8. The molecule has 1 aliphatic heterocycles. The molecule has 0 atom stereocenters. The molecule has 1 aromatic heterocycles. The molecule has 0 unspecified atom stereocenters. The number of benzene rings is 3. The van der Waals surface area contributed by atoms with Crippen LogP contribution in [0, 0.1) is 0 Å². The van der Waals surface area contributed by atoms with E-state index >= 15 is 0 Å². The van der Waals surface area contributed by atoms with Crippen LogP contribution in [0.25, 0.3) is 28.5 Å². The van der Waals surface area contributed by atoms with Crippen molar-refractivity contribution in [3.8, 4) is 11.4 Å². The number of amides is 1. The minimum Gasteiger partial charge on any atom is -0.465 e. The topological polar surface area (TPSA) is 87.3 Å². The maximum atomic E-state index is 12.5. The van der Waals surface area contributed by atoms with E-state index < -0.39 is 0 Å². The molecule has 0 bridgehead atoms. The lowest BCUT2D eigenvalue weighted by Gasteiger charge is -2.32. The monoisotopic (exact) mass is 494 g/mol. The van der Waals surface area contributed by atoms with Crippen LogP contribution >= 0.6 is 0 Å². The average molecular weight is 495 g/mol. The minimum atomic E-state index is -0.383. The van der Waals surface area contributed by atoms with E-state index in [1.807, 2.05) is 36.4 Å². The fourth-order valence-electron chi connectivity index (χ4n) is 4.64. The lowest BCUT2D eigenvalue weighted by molar-refractivity contribution is -0.117. The van der Waals surface area contributed by atoms with Crippen molar-refractivity contribution in [3.63, 3.8) is 0 Å². The molecule has 1 aliphatic rings. The van der Waals surface area contributed by atoms with Crippen molar-refractivity contribution in [2.45, 2.75) is 25.4 Å². The van der Waals surface area contributed by atoms with Gasteiger partial charge in [-0.15, -0.1) is 0 Å². The van der Waals surface area contributed by atoms with E-state index in [1.54, 1.807) is 24.3 Å².